The Hall–Kier alpha value is -2.87. The van der Waals surface area contributed by atoms with Crippen LogP contribution >= 0.6 is 15.9 Å². The van der Waals surface area contributed by atoms with Crippen LogP contribution in [0, 0.1) is 6.92 Å². The highest BCUT2D eigenvalue weighted by atomic mass is 79.9. The maximum atomic E-state index is 12.0. The molecule has 0 atom stereocenters. The van der Waals surface area contributed by atoms with Crippen molar-refractivity contribution in [3.63, 3.8) is 0 Å². The van der Waals surface area contributed by atoms with Crippen LogP contribution in [0.4, 0.5) is 0 Å². The summed E-state index contributed by atoms with van der Waals surface area (Å²) < 4.78 is 11.5. The van der Waals surface area contributed by atoms with Crippen molar-refractivity contribution in [2.75, 3.05) is 13.7 Å². The summed E-state index contributed by atoms with van der Waals surface area (Å²) in [7, 11) is 1.60. The highest BCUT2D eigenvalue weighted by Gasteiger charge is 2.06. The quantitative estimate of drug-likeness (QED) is 0.442. The zero-order valence-corrected chi connectivity index (χ0v) is 18.2. The van der Waals surface area contributed by atoms with Gasteiger partial charge in [-0.15, -0.1) is 0 Å². The zero-order chi connectivity index (χ0) is 21.2. The first-order valence-electron chi connectivity index (χ1n) is 8.98. The lowest BCUT2D eigenvalue weighted by Gasteiger charge is -2.08. The molecule has 154 valence electrons. The molecule has 0 saturated carbocycles. The van der Waals surface area contributed by atoms with E-state index in [4.69, 9.17) is 9.47 Å². The molecule has 0 aliphatic rings. The fraction of sp³-hybridized carbons (Fsp3) is 0.286. The second-order valence-corrected chi connectivity index (χ2v) is 7.24. The minimum atomic E-state index is -0.399. The maximum Gasteiger partial charge on any atom is 0.277 e. The van der Waals surface area contributed by atoms with Gasteiger partial charge in [-0.1, -0.05) is 28.1 Å². The first kappa shape index (κ1) is 22.4. The van der Waals surface area contributed by atoms with Gasteiger partial charge in [0.05, 0.1) is 13.5 Å². The second-order valence-electron chi connectivity index (χ2n) is 6.38. The van der Waals surface area contributed by atoms with Gasteiger partial charge in [0, 0.05) is 16.7 Å². The molecule has 2 rings (SSSR count). The van der Waals surface area contributed by atoms with Crippen molar-refractivity contribution in [2.24, 2.45) is 5.10 Å². The monoisotopic (exact) mass is 461 g/mol. The number of hydrazone groups is 1. The Morgan fingerprint density at radius 2 is 1.76 bits per heavy atom. The van der Waals surface area contributed by atoms with Gasteiger partial charge in [-0.2, -0.15) is 5.10 Å². The van der Waals surface area contributed by atoms with Crippen LogP contribution in [0.5, 0.6) is 11.5 Å². The number of hydrogen-bond donors (Lipinski definition) is 2. The van der Waals surface area contributed by atoms with E-state index in [9.17, 15) is 9.59 Å². The van der Waals surface area contributed by atoms with Crippen LogP contribution < -0.4 is 20.2 Å². The van der Waals surface area contributed by atoms with Crippen molar-refractivity contribution in [3.8, 4) is 11.5 Å². The number of carbonyl (C=O) groups is 2. The van der Waals surface area contributed by atoms with Crippen LogP contribution in [0.15, 0.2) is 52.0 Å². The Labute approximate surface area is 178 Å². The van der Waals surface area contributed by atoms with E-state index in [0.29, 0.717) is 18.0 Å². The summed E-state index contributed by atoms with van der Waals surface area (Å²) in [5, 5.41) is 6.75. The van der Waals surface area contributed by atoms with Crippen molar-refractivity contribution in [3.05, 3.63) is 58.1 Å². The number of nitrogens with one attached hydrogen (secondary N) is 2. The summed E-state index contributed by atoms with van der Waals surface area (Å²) in [6, 6.07) is 12.9. The van der Waals surface area contributed by atoms with Crippen molar-refractivity contribution in [1.82, 2.24) is 10.7 Å². The molecule has 29 heavy (non-hydrogen) atoms. The number of halogens is 1. The number of ether oxygens (including phenoxy) is 2. The molecule has 2 aromatic carbocycles. The molecule has 0 aliphatic carbocycles. The molecule has 0 fully saturated rings. The molecule has 0 radical (unpaired) electrons. The lowest BCUT2D eigenvalue weighted by molar-refractivity contribution is -0.123. The molecule has 0 spiro atoms. The van der Waals surface area contributed by atoms with Crippen molar-refractivity contribution >= 4 is 33.5 Å². The summed E-state index contributed by atoms with van der Waals surface area (Å²) in [5.74, 6) is 0.777. The largest absolute Gasteiger partial charge is 0.497 e. The normalized spacial score (nSPS) is 11.0. The minimum Gasteiger partial charge on any atom is -0.497 e. The van der Waals surface area contributed by atoms with Gasteiger partial charge in [-0.3, -0.25) is 9.59 Å². The molecular weight excluding hydrogens is 438 g/mol. The molecule has 2 amide bonds. The Balaban J connectivity index is 1.71. The van der Waals surface area contributed by atoms with Gasteiger partial charge in [0.1, 0.15) is 11.5 Å². The average molecular weight is 462 g/mol. The maximum absolute atomic E-state index is 12.0. The molecule has 2 N–H and O–H groups in total. The van der Waals surface area contributed by atoms with Gasteiger partial charge in [0.2, 0.25) is 5.91 Å². The van der Waals surface area contributed by atoms with Crippen molar-refractivity contribution in [1.29, 1.82) is 0 Å². The molecule has 7 nitrogen and oxygen atoms in total. The van der Waals surface area contributed by atoms with Crippen LogP contribution in [0.3, 0.4) is 0 Å². The van der Waals surface area contributed by atoms with E-state index in [1.54, 1.807) is 20.1 Å². The number of methoxy groups -OCH3 is 1. The zero-order valence-electron chi connectivity index (χ0n) is 16.6. The summed E-state index contributed by atoms with van der Waals surface area (Å²) in [5.41, 5.74) is 4.85. The summed E-state index contributed by atoms with van der Waals surface area (Å²) in [6.45, 7) is 3.85. The molecule has 0 unspecified atom stereocenters. The number of nitrogens with zero attached hydrogens (tertiary/aromatic N) is 1. The third-order valence-electron chi connectivity index (χ3n) is 3.94. The number of rotatable bonds is 9. The standard InChI is InChI=1S/C21H24BrN3O4/c1-14-10-18(8-9-19(14)22)29-13-21(27)25-24-15(2)11-20(26)23-12-16-4-6-17(28-3)7-5-16/h4-10H,11-13H2,1-3H3,(H,23,26)(H,25,27)/b24-15-. The smallest absolute Gasteiger partial charge is 0.277 e. The fourth-order valence-electron chi connectivity index (χ4n) is 2.32. The molecule has 8 heteroatoms. The summed E-state index contributed by atoms with van der Waals surface area (Å²) >= 11 is 3.41. The van der Waals surface area contributed by atoms with E-state index >= 15 is 0 Å². The number of amides is 2. The SMILES string of the molecule is COc1ccc(CNC(=O)C/C(C)=N\NC(=O)COc2ccc(Br)c(C)c2)cc1. The first-order valence-corrected chi connectivity index (χ1v) is 9.77. The predicted molar refractivity (Wildman–Crippen MR) is 115 cm³/mol. The van der Waals surface area contributed by atoms with Crippen LogP contribution in [-0.4, -0.2) is 31.2 Å². The molecule has 0 saturated heterocycles. The predicted octanol–water partition coefficient (Wildman–Crippen LogP) is 3.34. The van der Waals surface area contributed by atoms with E-state index in [2.05, 4.69) is 31.8 Å². The lowest BCUT2D eigenvalue weighted by atomic mass is 10.2. The van der Waals surface area contributed by atoms with E-state index in [1.807, 2.05) is 43.3 Å². The molecule has 0 aromatic heterocycles. The van der Waals surface area contributed by atoms with Crippen LogP contribution in [0.25, 0.3) is 0 Å². The number of aryl methyl sites for hydroxylation is 1. The van der Waals surface area contributed by atoms with Gasteiger partial charge in [-0.25, -0.2) is 5.43 Å². The van der Waals surface area contributed by atoms with E-state index in [-0.39, 0.29) is 18.9 Å². The Bertz CT molecular complexity index is 882. The lowest BCUT2D eigenvalue weighted by Crippen LogP contribution is -2.28. The Kier molecular flexibility index (Phi) is 8.67. The first-order chi connectivity index (χ1) is 13.9. The third kappa shape index (κ3) is 7.95. The molecular formula is C21H24BrN3O4. The number of benzene rings is 2. The fourth-order valence-corrected chi connectivity index (χ4v) is 2.57. The molecule has 0 aliphatic heterocycles. The molecule has 0 heterocycles. The Morgan fingerprint density at radius 3 is 2.41 bits per heavy atom. The van der Waals surface area contributed by atoms with Gasteiger partial charge in [0.25, 0.3) is 5.91 Å². The van der Waals surface area contributed by atoms with Gasteiger partial charge >= 0.3 is 0 Å². The van der Waals surface area contributed by atoms with E-state index in [1.165, 1.54) is 0 Å². The van der Waals surface area contributed by atoms with Crippen molar-refractivity contribution in [2.45, 2.75) is 26.8 Å². The molecule has 2 aromatic rings. The van der Waals surface area contributed by atoms with E-state index < -0.39 is 5.91 Å². The van der Waals surface area contributed by atoms with Crippen molar-refractivity contribution < 1.29 is 19.1 Å². The third-order valence-corrected chi connectivity index (χ3v) is 4.83. The second kappa shape index (κ2) is 11.2. The number of hydrogen-bond acceptors (Lipinski definition) is 5. The highest BCUT2D eigenvalue weighted by Crippen LogP contribution is 2.21. The van der Waals surface area contributed by atoms with Crippen LogP contribution in [0.2, 0.25) is 0 Å². The van der Waals surface area contributed by atoms with Gasteiger partial charge in [-0.05, 0) is 55.3 Å². The minimum absolute atomic E-state index is 0.0865. The van der Waals surface area contributed by atoms with Gasteiger partial charge in [0.15, 0.2) is 6.61 Å². The van der Waals surface area contributed by atoms with Crippen LogP contribution in [-0.2, 0) is 16.1 Å². The van der Waals surface area contributed by atoms with Crippen LogP contribution in [0.1, 0.15) is 24.5 Å². The topological polar surface area (TPSA) is 89.0 Å². The average Bonchev–Trinajstić information content (AvgIpc) is 2.72. The summed E-state index contributed by atoms with van der Waals surface area (Å²) in [4.78, 5) is 23.9. The Morgan fingerprint density at radius 1 is 1.07 bits per heavy atom. The van der Waals surface area contributed by atoms with Gasteiger partial charge < -0.3 is 14.8 Å². The number of carbonyl (C=O) groups excluding carboxylic acids is 2. The van der Waals surface area contributed by atoms with E-state index in [0.717, 1.165) is 21.3 Å². The highest BCUT2D eigenvalue weighted by molar-refractivity contribution is 9.10. The molecule has 0 bridgehead atoms. The summed E-state index contributed by atoms with van der Waals surface area (Å²) in [6.07, 6.45) is 0.0865.